The fraction of sp³-hybridized carbons (Fsp3) is 0.733. The van der Waals surface area contributed by atoms with Gasteiger partial charge in [0.05, 0.1) is 6.61 Å². The van der Waals surface area contributed by atoms with E-state index in [2.05, 4.69) is 10.3 Å². The summed E-state index contributed by atoms with van der Waals surface area (Å²) in [6.07, 6.45) is -3.03. The second kappa shape index (κ2) is 10.3. The summed E-state index contributed by atoms with van der Waals surface area (Å²) >= 11 is 0. The van der Waals surface area contributed by atoms with Gasteiger partial charge < -0.3 is 25.4 Å². The van der Waals surface area contributed by atoms with Crippen LogP contribution in [-0.2, 0) is 4.74 Å². The molecular weight excluding hydrogens is 302 g/mol. The number of hydrogen-bond donors (Lipinski definition) is 4. The minimum Gasteiger partial charge on any atom is -0.394 e. The van der Waals surface area contributed by atoms with Crippen molar-refractivity contribution >= 4 is 5.82 Å². The van der Waals surface area contributed by atoms with E-state index in [1.54, 1.807) is 14.0 Å². The third-order valence-corrected chi connectivity index (χ3v) is 3.16. The van der Waals surface area contributed by atoms with E-state index in [0.717, 1.165) is 4.57 Å². The lowest BCUT2D eigenvalue weighted by atomic mass is 10.1. The van der Waals surface area contributed by atoms with E-state index in [1.807, 2.05) is 27.7 Å². The average molecular weight is 331 g/mol. The van der Waals surface area contributed by atoms with Crippen molar-refractivity contribution in [2.45, 2.75) is 59.2 Å². The van der Waals surface area contributed by atoms with Crippen LogP contribution in [-0.4, -0.2) is 56.8 Å². The van der Waals surface area contributed by atoms with Crippen molar-refractivity contribution in [3.63, 3.8) is 0 Å². The van der Waals surface area contributed by atoms with Crippen molar-refractivity contribution in [1.29, 1.82) is 0 Å². The normalized spacial score (nSPS) is 25.8. The Kier molecular flexibility index (Phi) is 9.66. The molecule has 1 aromatic rings. The first-order chi connectivity index (χ1) is 11.0. The zero-order valence-corrected chi connectivity index (χ0v) is 14.6. The van der Waals surface area contributed by atoms with Crippen LogP contribution < -0.4 is 11.0 Å². The summed E-state index contributed by atoms with van der Waals surface area (Å²) in [6.45, 7) is 9.31. The minimum absolute atomic E-state index is 0.438. The Labute approximate surface area is 136 Å². The molecule has 0 unspecified atom stereocenters. The summed E-state index contributed by atoms with van der Waals surface area (Å²) in [7, 11) is 1.64. The predicted molar refractivity (Wildman–Crippen MR) is 88.5 cm³/mol. The summed E-state index contributed by atoms with van der Waals surface area (Å²) in [4.78, 5) is 15.7. The van der Waals surface area contributed by atoms with Crippen molar-refractivity contribution in [3.05, 3.63) is 22.2 Å². The van der Waals surface area contributed by atoms with E-state index in [1.165, 1.54) is 6.20 Å². The molecule has 8 nitrogen and oxygen atoms in total. The molecule has 134 valence electrons. The molecule has 0 radical (unpaired) electrons. The van der Waals surface area contributed by atoms with Gasteiger partial charge in [-0.15, -0.1) is 0 Å². The number of aliphatic hydroxyl groups excluding tert-OH is 3. The van der Waals surface area contributed by atoms with Gasteiger partial charge in [-0.2, -0.15) is 4.98 Å². The van der Waals surface area contributed by atoms with Gasteiger partial charge in [-0.1, -0.05) is 27.7 Å². The smallest absolute Gasteiger partial charge is 0.351 e. The molecule has 0 amide bonds. The van der Waals surface area contributed by atoms with Gasteiger partial charge in [0.15, 0.2) is 6.23 Å². The number of nitrogens with one attached hydrogen (secondary N) is 1. The van der Waals surface area contributed by atoms with Crippen LogP contribution in [0.25, 0.3) is 0 Å². The van der Waals surface area contributed by atoms with Crippen LogP contribution in [0.5, 0.6) is 0 Å². The van der Waals surface area contributed by atoms with Gasteiger partial charge in [0.1, 0.15) is 24.1 Å². The number of hydrogen-bond acceptors (Lipinski definition) is 7. The highest BCUT2D eigenvalue weighted by molar-refractivity contribution is 5.40. The van der Waals surface area contributed by atoms with Crippen LogP contribution in [0.4, 0.5) is 5.82 Å². The molecule has 1 aromatic heterocycles. The Hall–Kier alpha value is -1.48. The molecule has 0 aliphatic carbocycles. The minimum atomic E-state index is -1.29. The Morgan fingerprint density at radius 1 is 1.26 bits per heavy atom. The molecule has 4 atom stereocenters. The van der Waals surface area contributed by atoms with E-state index < -0.39 is 36.8 Å². The maximum atomic E-state index is 11.9. The van der Waals surface area contributed by atoms with Crippen molar-refractivity contribution in [2.75, 3.05) is 19.0 Å². The van der Waals surface area contributed by atoms with Gasteiger partial charge in [-0.05, 0) is 6.92 Å². The highest BCUT2D eigenvalue weighted by atomic mass is 16.6. The first-order valence-corrected chi connectivity index (χ1v) is 7.89. The Balaban J connectivity index is 0.00000112. The van der Waals surface area contributed by atoms with E-state index >= 15 is 0 Å². The van der Waals surface area contributed by atoms with Crippen LogP contribution in [0.2, 0.25) is 0 Å². The standard InChI is InChI=1S/C11H17N3O5.2C2H6/c1-5-3-14(11(18)13-9(5)12-2)10-8(17)7(16)6(4-15)19-10;2*1-2/h3,6-8,10,15-17H,4H2,1-2H3,(H,12,13,18);2*1-2H3/t6-,7-,8-,10-;;/m1../s1. The van der Waals surface area contributed by atoms with Gasteiger partial charge in [0.25, 0.3) is 0 Å². The molecule has 1 fully saturated rings. The lowest BCUT2D eigenvalue weighted by molar-refractivity contribution is -0.0550. The van der Waals surface area contributed by atoms with Crippen LogP contribution in [0.15, 0.2) is 11.0 Å². The Morgan fingerprint density at radius 3 is 2.26 bits per heavy atom. The molecule has 2 heterocycles. The molecule has 0 spiro atoms. The van der Waals surface area contributed by atoms with Crippen LogP contribution in [0, 0.1) is 6.92 Å². The number of aryl methyl sites for hydroxylation is 1. The number of ether oxygens (including phenoxy) is 1. The number of aliphatic hydroxyl groups is 3. The molecule has 1 aliphatic rings. The molecule has 1 saturated heterocycles. The van der Waals surface area contributed by atoms with Crippen LogP contribution >= 0.6 is 0 Å². The quantitative estimate of drug-likeness (QED) is 0.627. The van der Waals surface area contributed by atoms with Crippen molar-refractivity contribution in [1.82, 2.24) is 9.55 Å². The zero-order chi connectivity index (χ0) is 18.2. The van der Waals surface area contributed by atoms with Gasteiger partial charge in [0.2, 0.25) is 0 Å². The summed E-state index contributed by atoms with van der Waals surface area (Å²) in [5, 5.41) is 31.3. The van der Waals surface area contributed by atoms with E-state index in [4.69, 9.17) is 9.84 Å². The summed E-state index contributed by atoms with van der Waals surface area (Å²) in [5.74, 6) is 0.438. The SMILES string of the molecule is CC.CC.CNc1nc(=O)n([C@@H]2O[C@H](CO)[C@@H](O)[C@H]2O)cc1C. The van der Waals surface area contributed by atoms with Gasteiger partial charge in [-0.25, -0.2) is 4.79 Å². The summed E-state index contributed by atoms with van der Waals surface area (Å²) in [5.41, 5.74) is 0.0876. The van der Waals surface area contributed by atoms with E-state index in [-0.39, 0.29) is 0 Å². The average Bonchev–Trinajstić information content (AvgIpc) is 2.88. The molecule has 23 heavy (non-hydrogen) atoms. The molecular formula is C15H29N3O5. The number of rotatable bonds is 3. The monoisotopic (exact) mass is 331 g/mol. The first-order valence-electron chi connectivity index (χ1n) is 7.89. The second-order valence-electron chi connectivity index (χ2n) is 4.44. The fourth-order valence-corrected chi connectivity index (χ4v) is 2.11. The molecule has 4 N–H and O–H groups in total. The highest BCUT2D eigenvalue weighted by Crippen LogP contribution is 2.28. The largest absolute Gasteiger partial charge is 0.394 e. The third kappa shape index (κ3) is 4.74. The maximum Gasteiger partial charge on any atom is 0.351 e. The van der Waals surface area contributed by atoms with Gasteiger partial charge in [-0.3, -0.25) is 4.57 Å². The fourth-order valence-electron chi connectivity index (χ4n) is 2.11. The van der Waals surface area contributed by atoms with Gasteiger partial charge >= 0.3 is 5.69 Å². The third-order valence-electron chi connectivity index (χ3n) is 3.16. The van der Waals surface area contributed by atoms with Crippen molar-refractivity contribution < 1.29 is 20.1 Å². The lowest BCUT2D eigenvalue weighted by Crippen LogP contribution is -2.36. The Bertz CT molecular complexity index is 520. The number of aromatic nitrogens is 2. The van der Waals surface area contributed by atoms with Crippen molar-refractivity contribution in [2.24, 2.45) is 0 Å². The maximum absolute atomic E-state index is 11.9. The van der Waals surface area contributed by atoms with Gasteiger partial charge in [0, 0.05) is 18.8 Å². The number of anilines is 1. The molecule has 8 heteroatoms. The van der Waals surface area contributed by atoms with Crippen LogP contribution in [0.1, 0.15) is 39.5 Å². The highest BCUT2D eigenvalue weighted by Gasteiger charge is 2.43. The summed E-state index contributed by atoms with van der Waals surface area (Å²) < 4.78 is 6.39. The topological polar surface area (TPSA) is 117 Å². The molecule has 2 rings (SSSR count). The molecule has 0 bridgehead atoms. The number of nitrogens with zero attached hydrogens (tertiary/aromatic N) is 2. The molecule has 1 aliphatic heterocycles. The second-order valence-corrected chi connectivity index (χ2v) is 4.44. The van der Waals surface area contributed by atoms with Crippen LogP contribution in [0.3, 0.4) is 0 Å². The summed E-state index contributed by atoms with van der Waals surface area (Å²) in [6, 6.07) is 0. The predicted octanol–water partition coefficient (Wildman–Crippen LogP) is 0.257. The zero-order valence-electron chi connectivity index (χ0n) is 14.6. The van der Waals surface area contributed by atoms with E-state index in [9.17, 15) is 15.0 Å². The molecule has 0 saturated carbocycles. The first kappa shape index (κ1) is 21.5. The molecule has 0 aromatic carbocycles. The Morgan fingerprint density at radius 2 is 1.83 bits per heavy atom. The van der Waals surface area contributed by atoms with E-state index in [0.29, 0.717) is 11.4 Å². The van der Waals surface area contributed by atoms with Crippen molar-refractivity contribution in [3.8, 4) is 0 Å². The lowest BCUT2D eigenvalue weighted by Gasteiger charge is -2.18.